The number of rotatable bonds is 3. The molecule has 0 aliphatic carbocycles. The number of benzene rings is 1. The second kappa shape index (κ2) is 4.61. The zero-order valence-electron chi connectivity index (χ0n) is 9.41. The van der Waals surface area contributed by atoms with Crippen LogP contribution < -0.4 is 0 Å². The summed E-state index contributed by atoms with van der Waals surface area (Å²) in [5.41, 5.74) is 3.61. The second-order valence-corrected chi connectivity index (χ2v) is 4.19. The summed E-state index contributed by atoms with van der Waals surface area (Å²) < 4.78 is 4.96. The van der Waals surface area contributed by atoms with Crippen molar-refractivity contribution in [2.24, 2.45) is 0 Å². The van der Waals surface area contributed by atoms with E-state index >= 15 is 0 Å². The lowest BCUT2D eigenvalue weighted by Crippen LogP contribution is -1.92. The highest BCUT2D eigenvalue weighted by Gasteiger charge is 2.08. The number of aromatic amines is 1. The summed E-state index contributed by atoms with van der Waals surface area (Å²) in [5.74, 6) is 0.716. The van der Waals surface area contributed by atoms with Gasteiger partial charge in [0.05, 0.1) is 0 Å². The molecule has 0 bridgehead atoms. The van der Waals surface area contributed by atoms with Crippen LogP contribution in [0.5, 0.6) is 0 Å². The Kier molecular flexibility index (Phi) is 3.19. The van der Waals surface area contributed by atoms with Crippen molar-refractivity contribution in [1.82, 2.24) is 10.1 Å². The highest BCUT2D eigenvalue weighted by molar-refractivity contribution is 7.71. The summed E-state index contributed by atoms with van der Waals surface area (Å²) >= 11 is 4.86. The van der Waals surface area contributed by atoms with Crippen LogP contribution in [0.15, 0.2) is 22.7 Å². The van der Waals surface area contributed by atoms with E-state index in [2.05, 4.69) is 42.2 Å². The van der Waals surface area contributed by atoms with Crippen LogP contribution >= 0.6 is 12.2 Å². The molecule has 0 unspecified atom stereocenters. The van der Waals surface area contributed by atoms with Crippen LogP contribution in [0.25, 0.3) is 11.4 Å². The SMILES string of the molecule is CCCc1cc(C)ccc1-c1nc(=S)o[nH]1. The molecular weight excluding hydrogens is 220 g/mol. The third-order valence-electron chi connectivity index (χ3n) is 2.47. The molecule has 0 aliphatic rings. The number of nitrogens with zero attached hydrogens (tertiary/aromatic N) is 1. The average molecular weight is 234 g/mol. The van der Waals surface area contributed by atoms with Gasteiger partial charge < -0.3 is 4.52 Å². The van der Waals surface area contributed by atoms with E-state index in [1.54, 1.807) is 0 Å². The van der Waals surface area contributed by atoms with Crippen LogP contribution in [0.1, 0.15) is 24.5 Å². The Hall–Kier alpha value is -1.42. The van der Waals surface area contributed by atoms with Crippen molar-refractivity contribution in [2.75, 3.05) is 0 Å². The van der Waals surface area contributed by atoms with E-state index in [1.165, 1.54) is 11.1 Å². The van der Waals surface area contributed by atoms with E-state index in [0.717, 1.165) is 18.4 Å². The van der Waals surface area contributed by atoms with E-state index < -0.39 is 0 Å². The third kappa shape index (κ3) is 2.22. The predicted octanol–water partition coefficient (Wildman–Crippen LogP) is 3.66. The van der Waals surface area contributed by atoms with Crippen LogP contribution in [-0.4, -0.2) is 10.1 Å². The highest BCUT2D eigenvalue weighted by atomic mass is 32.1. The topological polar surface area (TPSA) is 41.8 Å². The summed E-state index contributed by atoms with van der Waals surface area (Å²) in [5, 5.41) is 2.75. The largest absolute Gasteiger partial charge is 0.348 e. The van der Waals surface area contributed by atoms with Crippen LogP contribution in [-0.2, 0) is 6.42 Å². The van der Waals surface area contributed by atoms with Crippen molar-refractivity contribution >= 4 is 12.2 Å². The fraction of sp³-hybridized carbons (Fsp3) is 0.333. The molecule has 4 heteroatoms. The summed E-state index contributed by atoms with van der Waals surface area (Å²) in [6.07, 6.45) is 2.14. The van der Waals surface area contributed by atoms with Gasteiger partial charge in [0.25, 0.3) is 0 Å². The molecule has 84 valence electrons. The van der Waals surface area contributed by atoms with Crippen LogP contribution in [0.4, 0.5) is 0 Å². The Labute approximate surface area is 99.5 Å². The molecule has 1 aromatic carbocycles. The Bertz CT molecular complexity index is 542. The minimum Gasteiger partial charge on any atom is -0.348 e. The molecule has 1 heterocycles. The number of aromatic nitrogens is 2. The zero-order valence-corrected chi connectivity index (χ0v) is 10.2. The van der Waals surface area contributed by atoms with Crippen molar-refractivity contribution in [2.45, 2.75) is 26.7 Å². The van der Waals surface area contributed by atoms with Gasteiger partial charge in [0, 0.05) is 5.56 Å². The van der Waals surface area contributed by atoms with Gasteiger partial charge in [0.2, 0.25) is 0 Å². The molecule has 0 atom stereocenters. The lowest BCUT2D eigenvalue weighted by Gasteiger charge is -2.06. The number of nitrogens with one attached hydrogen (secondary N) is 1. The van der Waals surface area contributed by atoms with E-state index in [1.807, 2.05) is 0 Å². The summed E-state index contributed by atoms with van der Waals surface area (Å²) in [7, 11) is 0. The Morgan fingerprint density at radius 1 is 1.44 bits per heavy atom. The summed E-state index contributed by atoms with van der Waals surface area (Å²) in [6.45, 7) is 4.26. The third-order valence-corrected chi connectivity index (χ3v) is 2.65. The van der Waals surface area contributed by atoms with Gasteiger partial charge in [0.15, 0.2) is 5.82 Å². The molecule has 0 spiro atoms. The number of aryl methyl sites for hydroxylation is 2. The Morgan fingerprint density at radius 2 is 2.25 bits per heavy atom. The van der Waals surface area contributed by atoms with Gasteiger partial charge in [-0.2, -0.15) is 4.98 Å². The first-order valence-electron chi connectivity index (χ1n) is 5.36. The maximum Gasteiger partial charge on any atom is 0.314 e. The Morgan fingerprint density at radius 3 is 2.88 bits per heavy atom. The molecule has 1 aromatic heterocycles. The molecule has 2 rings (SSSR count). The summed E-state index contributed by atoms with van der Waals surface area (Å²) in [6, 6.07) is 6.31. The van der Waals surface area contributed by atoms with Crippen molar-refractivity contribution < 1.29 is 4.52 Å². The van der Waals surface area contributed by atoms with Gasteiger partial charge in [-0.3, -0.25) is 0 Å². The lowest BCUT2D eigenvalue weighted by molar-refractivity contribution is 0.406. The maximum atomic E-state index is 4.96. The number of H-pyrrole nitrogens is 1. The normalized spacial score (nSPS) is 10.6. The fourth-order valence-electron chi connectivity index (χ4n) is 1.77. The van der Waals surface area contributed by atoms with Crippen LogP contribution in [0.3, 0.4) is 0 Å². The first-order chi connectivity index (χ1) is 7.70. The molecule has 0 fully saturated rings. The van der Waals surface area contributed by atoms with Gasteiger partial charge in [-0.1, -0.05) is 37.1 Å². The van der Waals surface area contributed by atoms with Gasteiger partial charge >= 0.3 is 4.84 Å². The van der Waals surface area contributed by atoms with E-state index in [9.17, 15) is 0 Å². The molecular formula is C12H14N2OS. The predicted molar refractivity (Wildman–Crippen MR) is 65.9 cm³/mol. The maximum absolute atomic E-state index is 4.96. The molecule has 3 nitrogen and oxygen atoms in total. The van der Waals surface area contributed by atoms with Gasteiger partial charge in [-0.05, 0) is 31.1 Å². The summed E-state index contributed by atoms with van der Waals surface area (Å²) in [4.78, 5) is 4.39. The fourth-order valence-corrected chi connectivity index (χ4v) is 1.91. The number of hydrogen-bond donors (Lipinski definition) is 1. The van der Waals surface area contributed by atoms with Crippen molar-refractivity contribution in [3.8, 4) is 11.4 Å². The minimum absolute atomic E-state index is 0.248. The second-order valence-electron chi connectivity index (χ2n) is 3.84. The van der Waals surface area contributed by atoms with E-state index in [-0.39, 0.29) is 4.84 Å². The minimum atomic E-state index is 0.248. The van der Waals surface area contributed by atoms with Gasteiger partial charge in [0.1, 0.15) is 0 Å². The molecule has 16 heavy (non-hydrogen) atoms. The molecule has 0 aliphatic heterocycles. The van der Waals surface area contributed by atoms with Gasteiger partial charge in [-0.15, -0.1) is 0 Å². The molecule has 2 aromatic rings. The quantitative estimate of drug-likeness (QED) is 0.824. The standard InChI is InChI=1S/C12H14N2OS/c1-3-4-9-7-8(2)5-6-10(9)11-13-12(16)15-14-11/h5-7H,3-4H2,1-2H3,(H,13,14,16). The molecule has 0 saturated carbocycles. The monoisotopic (exact) mass is 234 g/mol. The number of hydrogen-bond acceptors (Lipinski definition) is 3. The van der Waals surface area contributed by atoms with Crippen molar-refractivity contribution in [3.63, 3.8) is 0 Å². The molecule has 0 radical (unpaired) electrons. The van der Waals surface area contributed by atoms with Crippen LogP contribution in [0.2, 0.25) is 0 Å². The van der Waals surface area contributed by atoms with E-state index in [0.29, 0.717) is 5.82 Å². The van der Waals surface area contributed by atoms with Crippen molar-refractivity contribution in [1.29, 1.82) is 0 Å². The Balaban J connectivity index is 2.51. The van der Waals surface area contributed by atoms with Gasteiger partial charge in [-0.25, -0.2) is 5.16 Å². The van der Waals surface area contributed by atoms with E-state index in [4.69, 9.17) is 16.7 Å². The molecule has 0 amide bonds. The first kappa shape index (κ1) is 11.1. The highest BCUT2D eigenvalue weighted by Crippen LogP contribution is 2.22. The van der Waals surface area contributed by atoms with Crippen molar-refractivity contribution in [3.05, 3.63) is 34.2 Å². The average Bonchev–Trinajstić information content (AvgIpc) is 2.65. The first-order valence-corrected chi connectivity index (χ1v) is 5.77. The molecule has 1 N–H and O–H groups in total. The smallest absolute Gasteiger partial charge is 0.314 e. The zero-order chi connectivity index (χ0) is 11.5. The van der Waals surface area contributed by atoms with Crippen LogP contribution in [0, 0.1) is 11.8 Å². The molecule has 0 saturated heterocycles. The lowest BCUT2D eigenvalue weighted by atomic mass is 10.0.